The highest BCUT2D eigenvalue weighted by atomic mass is 32.1. The van der Waals surface area contributed by atoms with E-state index in [1.54, 1.807) is 17.5 Å². The van der Waals surface area contributed by atoms with Crippen molar-refractivity contribution >= 4 is 11.3 Å². The summed E-state index contributed by atoms with van der Waals surface area (Å²) in [5.74, 6) is 0. The molecule has 90 valence electrons. The predicted molar refractivity (Wildman–Crippen MR) is 66.6 cm³/mol. The smallest absolute Gasteiger partial charge is 0.121 e. The summed E-state index contributed by atoms with van der Waals surface area (Å²) in [4.78, 5) is 6.65. The zero-order valence-corrected chi connectivity index (χ0v) is 10.5. The lowest BCUT2D eigenvalue weighted by Gasteiger charge is -2.26. The minimum absolute atomic E-state index is 0.357. The van der Waals surface area contributed by atoms with Gasteiger partial charge in [0.2, 0.25) is 0 Å². The second-order valence-corrected chi connectivity index (χ2v) is 5.36. The topological polar surface area (TPSA) is 36.4 Å². The summed E-state index contributed by atoms with van der Waals surface area (Å²) < 4.78 is 0. The van der Waals surface area contributed by atoms with E-state index in [0.717, 1.165) is 24.4 Å². The van der Waals surface area contributed by atoms with Gasteiger partial charge in [-0.3, -0.25) is 0 Å². The van der Waals surface area contributed by atoms with Crippen LogP contribution in [0.3, 0.4) is 0 Å². The summed E-state index contributed by atoms with van der Waals surface area (Å²) in [5, 5.41) is 12.6. The van der Waals surface area contributed by atoms with E-state index in [9.17, 15) is 5.11 Å². The third-order valence-corrected chi connectivity index (χ3v) is 4.01. The Morgan fingerprint density at radius 3 is 2.88 bits per heavy atom. The fourth-order valence-corrected chi connectivity index (χ4v) is 2.87. The van der Waals surface area contributed by atoms with Gasteiger partial charge in [0, 0.05) is 11.6 Å². The van der Waals surface area contributed by atoms with Crippen LogP contribution in [0, 0.1) is 0 Å². The van der Waals surface area contributed by atoms with Crippen LogP contribution in [0.1, 0.15) is 43.2 Å². The Balaban J connectivity index is 1.63. The molecule has 0 radical (unpaired) electrons. The summed E-state index contributed by atoms with van der Waals surface area (Å²) in [5.41, 5.74) is 0. The van der Waals surface area contributed by atoms with Crippen molar-refractivity contribution < 1.29 is 5.11 Å². The molecule has 2 rings (SSSR count). The van der Waals surface area contributed by atoms with Gasteiger partial charge < -0.3 is 10.0 Å². The predicted octanol–water partition coefficient (Wildman–Crippen LogP) is 2.44. The lowest BCUT2D eigenvalue weighted by atomic mass is 10.1. The van der Waals surface area contributed by atoms with E-state index in [4.69, 9.17) is 0 Å². The summed E-state index contributed by atoms with van der Waals surface area (Å²) >= 11 is 1.54. The Kier molecular flexibility index (Phi) is 4.75. The van der Waals surface area contributed by atoms with Crippen molar-refractivity contribution in [3.63, 3.8) is 0 Å². The summed E-state index contributed by atoms with van der Waals surface area (Å²) in [7, 11) is 0. The van der Waals surface area contributed by atoms with Gasteiger partial charge in [0.25, 0.3) is 0 Å². The molecule has 1 aromatic heterocycles. The molecule has 0 amide bonds. The standard InChI is InChI=1S/C12H20N2OS/c15-11(12-13-6-10-16-12)5-4-9-14-7-2-1-3-8-14/h6,10-11,15H,1-5,7-9H2. The maximum atomic E-state index is 9.87. The van der Waals surface area contributed by atoms with Gasteiger partial charge in [-0.25, -0.2) is 4.98 Å². The monoisotopic (exact) mass is 240 g/mol. The summed E-state index contributed by atoms with van der Waals surface area (Å²) in [6.07, 6.45) is 7.38. The number of hydrogen-bond donors (Lipinski definition) is 1. The first-order valence-electron chi connectivity index (χ1n) is 6.16. The van der Waals surface area contributed by atoms with Crippen molar-refractivity contribution in [2.24, 2.45) is 0 Å². The molecule has 2 heterocycles. The molecule has 0 aliphatic carbocycles. The van der Waals surface area contributed by atoms with E-state index in [2.05, 4.69) is 9.88 Å². The summed E-state index contributed by atoms with van der Waals surface area (Å²) in [6.45, 7) is 3.61. The van der Waals surface area contributed by atoms with Gasteiger partial charge in [0.15, 0.2) is 0 Å². The molecule has 1 fully saturated rings. The highest BCUT2D eigenvalue weighted by Crippen LogP contribution is 2.20. The molecular weight excluding hydrogens is 220 g/mol. The number of piperidine rings is 1. The van der Waals surface area contributed by atoms with Crippen molar-refractivity contribution in [1.29, 1.82) is 0 Å². The Morgan fingerprint density at radius 1 is 1.38 bits per heavy atom. The molecule has 0 spiro atoms. The van der Waals surface area contributed by atoms with Crippen molar-refractivity contribution in [3.05, 3.63) is 16.6 Å². The third kappa shape index (κ3) is 3.54. The van der Waals surface area contributed by atoms with E-state index in [1.165, 1.54) is 32.4 Å². The number of nitrogens with zero attached hydrogens (tertiary/aromatic N) is 2. The number of rotatable bonds is 5. The SMILES string of the molecule is OC(CCCN1CCCCC1)c1nccs1. The minimum Gasteiger partial charge on any atom is -0.386 e. The Labute approximate surface area is 101 Å². The fourth-order valence-electron chi connectivity index (χ4n) is 2.21. The van der Waals surface area contributed by atoms with Gasteiger partial charge in [-0.05, 0) is 45.3 Å². The van der Waals surface area contributed by atoms with Gasteiger partial charge in [0.05, 0.1) is 0 Å². The van der Waals surface area contributed by atoms with E-state index in [-0.39, 0.29) is 6.10 Å². The first-order valence-corrected chi connectivity index (χ1v) is 7.04. The first-order chi connectivity index (χ1) is 7.86. The number of hydrogen-bond acceptors (Lipinski definition) is 4. The normalized spacial score (nSPS) is 19.8. The summed E-state index contributed by atoms with van der Waals surface area (Å²) in [6, 6.07) is 0. The minimum atomic E-state index is -0.357. The van der Waals surface area contributed by atoms with Crippen LogP contribution in [0.4, 0.5) is 0 Å². The van der Waals surface area contributed by atoms with Crippen LogP contribution in [0.2, 0.25) is 0 Å². The van der Waals surface area contributed by atoms with Gasteiger partial charge in [-0.15, -0.1) is 11.3 Å². The largest absolute Gasteiger partial charge is 0.386 e. The maximum absolute atomic E-state index is 9.87. The molecule has 1 aliphatic heterocycles. The number of thiazole rings is 1. The van der Waals surface area contributed by atoms with E-state index < -0.39 is 0 Å². The van der Waals surface area contributed by atoms with Crippen LogP contribution in [0.25, 0.3) is 0 Å². The number of aliphatic hydroxyl groups excluding tert-OH is 1. The molecule has 1 unspecified atom stereocenters. The molecule has 4 heteroatoms. The average molecular weight is 240 g/mol. The molecule has 0 saturated carbocycles. The molecule has 1 saturated heterocycles. The van der Waals surface area contributed by atoms with Gasteiger partial charge in [-0.2, -0.15) is 0 Å². The van der Waals surface area contributed by atoms with Crippen LogP contribution in [0.15, 0.2) is 11.6 Å². The van der Waals surface area contributed by atoms with E-state index in [1.807, 2.05) is 5.38 Å². The van der Waals surface area contributed by atoms with Crippen LogP contribution in [-0.4, -0.2) is 34.6 Å². The Morgan fingerprint density at radius 2 is 2.19 bits per heavy atom. The number of likely N-dealkylation sites (tertiary alicyclic amines) is 1. The number of aromatic nitrogens is 1. The quantitative estimate of drug-likeness (QED) is 0.859. The highest BCUT2D eigenvalue weighted by Gasteiger charge is 2.12. The van der Waals surface area contributed by atoms with Crippen LogP contribution in [0.5, 0.6) is 0 Å². The lowest BCUT2D eigenvalue weighted by Crippen LogP contribution is -2.30. The third-order valence-electron chi connectivity index (χ3n) is 3.14. The van der Waals surface area contributed by atoms with Crippen LogP contribution >= 0.6 is 11.3 Å². The Bertz CT molecular complexity index is 283. The maximum Gasteiger partial charge on any atom is 0.121 e. The molecule has 1 atom stereocenters. The zero-order valence-electron chi connectivity index (χ0n) is 9.64. The van der Waals surface area contributed by atoms with Gasteiger partial charge >= 0.3 is 0 Å². The van der Waals surface area contributed by atoms with Gasteiger partial charge in [0.1, 0.15) is 11.1 Å². The Hall–Kier alpha value is -0.450. The van der Waals surface area contributed by atoms with Crippen LogP contribution in [-0.2, 0) is 0 Å². The first kappa shape index (κ1) is 12.0. The van der Waals surface area contributed by atoms with Crippen molar-refractivity contribution in [2.75, 3.05) is 19.6 Å². The van der Waals surface area contributed by atoms with Crippen molar-refractivity contribution in [3.8, 4) is 0 Å². The molecule has 1 N–H and O–H groups in total. The molecule has 16 heavy (non-hydrogen) atoms. The second kappa shape index (κ2) is 6.33. The zero-order chi connectivity index (χ0) is 11.2. The average Bonchev–Trinajstić information content (AvgIpc) is 2.84. The molecule has 1 aliphatic rings. The fraction of sp³-hybridized carbons (Fsp3) is 0.750. The molecule has 0 bridgehead atoms. The lowest BCUT2D eigenvalue weighted by molar-refractivity contribution is 0.150. The van der Waals surface area contributed by atoms with Gasteiger partial charge in [-0.1, -0.05) is 6.42 Å². The number of aliphatic hydroxyl groups is 1. The van der Waals surface area contributed by atoms with Crippen molar-refractivity contribution in [2.45, 2.75) is 38.2 Å². The molecular formula is C12H20N2OS. The molecule has 3 nitrogen and oxygen atoms in total. The highest BCUT2D eigenvalue weighted by molar-refractivity contribution is 7.09. The van der Waals surface area contributed by atoms with Crippen LogP contribution < -0.4 is 0 Å². The van der Waals surface area contributed by atoms with E-state index >= 15 is 0 Å². The van der Waals surface area contributed by atoms with E-state index in [0.29, 0.717) is 0 Å². The molecule has 1 aromatic rings. The van der Waals surface area contributed by atoms with Crippen molar-refractivity contribution in [1.82, 2.24) is 9.88 Å². The second-order valence-electron chi connectivity index (χ2n) is 4.43. The molecule has 0 aromatic carbocycles.